The van der Waals surface area contributed by atoms with Crippen molar-refractivity contribution in [2.75, 3.05) is 0 Å². The van der Waals surface area contributed by atoms with Gasteiger partial charge >= 0.3 is 0 Å². The maximum atomic E-state index is 12.2. The van der Waals surface area contributed by atoms with E-state index in [0.29, 0.717) is 6.42 Å². The molecule has 0 N–H and O–H groups in total. The Labute approximate surface area is 118 Å². The van der Waals surface area contributed by atoms with Crippen molar-refractivity contribution >= 4 is 14.1 Å². The fourth-order valence-electron chi connectivity index (χ4n) is 1.63. The molecule has 0 spiro atoms. The molecule has 0 fully saturated rings. The number of ketones is 1. The highest BCUT2D eigenvalue weighted by molar-refractivity contribution is 6.74. The van der Waals surface area contributed by atoms with Gasteiger partial charge in [-0.05, 0) is 30.6 Å². The summed E-state index contributed by atoms with van der Waals surface area (Å²) < 4.78 is 6.13. The molecule has 0 aliphatic heterocycles. The van der Waals surface area contributed by atoms with E-state index in [9.17, 15) is 4.79 Å². The largest absolute Gasteiger partial charge is 0.407 e. The van der Waals surface area contributed by atoms with Crippen LogP contribution in [0.4, 0.5) is 0 Å². The molecule has 1 atom stereocenters. The molecule has 1 rings (SSSR count). The van der Waals surface area contributed by atoms with Crippen molar-refractivity contribution in [1.29, 1.82) is 0 Å². The quantitative estimate of drug-likeness (QED) is 0.754. The van der Waals surface area contributed by atoms with E-state index in [2.05, 4.69) is 33.9 Å². The molecule has 0 saturated carbocycles. The Morgan fingerprint density at radius 2 is 1.74 bits per heavy atom. The third kappa shape index (κ3) is 4.59. The first-order chi connectivity index (χ1) is 8.63. The van der Waals surface area contributed by atoms with Crippen molar-refractivity contribution in [2.45, 2.75) is 58.4 Å². The Kier molecular flexibility index (Phi) is 5.10. The van der Waals surface area contributed by atoms with Crippen LogP contribution in [-0.2, 0) is 15.6 Å². The second-order valence-corrected chi connectivity index (χ2v) is 11.4. The molecule has 1 aromatic rings. The molecule has 0 bridgehead atoms. The van der Waals surface area contributed by atoms with Crippen molar-refractivity contribution < 1.29 is 9.22 Å². The van der Waals surface area contributed by atoms with Gasteiger partial charge in [0.15, 0.2) is 14.1 Å². The lowest BCUT2D eigenvalue weighted by Crippen LogP contribution is -2.45. The normalized spacial score (nSPS) is 14.2. The summed E-state index contributed by atoms with van der Waals surface area (Å²) in [5.74, 6) is 0.163. The summed E-state index contributed by atoms with van der Waals surface area (Å²) in [5, 5.41) is 0.133. The molecule has 0 aromatic heterocycles. The van der Waals surface area contributed by atoms with Gasteiger partial charge in [0.1, 0.15) is 6.10 Å². The van der Waals surface area contributed by atoms with E-state index < -0.39 is 8.32 Å². The monoisotopic (exact) mass is 278 g/mol. The third-order valence-electron chi connectivity index (χ3n) is 3.95. The van der Waals surface area contributed by atoms with Gasteiger partial charge in [0.2, 0.25) is 0 Å². The summed E-state index contributed by atoms with van der Waals surface area (Å²) in [6.45, 7) is 12.8. The summed E-state index contributed by atoms with van der Waals surface area (Å²) in [4.78, 5) is 12.2. The lowest BCUT2D eigenvalue weighted by molar-refractivity contribution is -0.124. The minimum absolute atomic E-state index is 0.133. The maximum Gasteiger partial charge on any atom is 0.193 e. The fraction of sp³-hybridized carbons (Fsp3) is 0.562. The smallest absolute Gasteiger partial charge is 0.193 e. The zero-order valence-corrected chi connectivity index (χ0v) is 14.0. The highest BCUT2D eigenvalue weighted by Crippen LogP contribution is 2.37. The van der Waals surface area contributed by atoms with Crippen LogP contribution in [0, 0.1) is 0 Å². The van der Waals surface area contributed by atoms with Crippen molar-refractivity contribution in [3.63, 3.8) is 0 Å². The van der Waals surface area contributed by atoms with Crippen LogP contribution in [0.1, 0.15) is 33.3 Å². The minimum atomic E-state index is -1.87. The van der Waals surface area contributed by atoms with Gasteiger partial charge in [-0.2, -0.15) is 0 Å². The Morgan fingerprint density at radius 1 is 1.21 bits per heavy atom. The first-order valence-electron chi connectivity index (χ1n) is 6.88. The van der Waals surface area contributed by atoms with E-state index in [1.807, 2.05) is 37.3 Å². The Bertz CT molecular complexity index is 418. The number of Topliss-reactive ketones (excluding diaryl/α,β-unsaturated/α-hetero) is 1. The molecule has 19 heavy (non-hydrogen) atoms. The van der Waals surface area contributed by atoms with E-state index in [0.717, 1.165) is 5.56 Å². The number of carbonyl (C=O) groups excluding carboxylic acids is 1. The molecule has 0 aliphatic rings. The first-order valence-corrected chi connectivity index (χ1v) is 9.79. The predicted octanol–water partition coefficient (Wildman–Crippen LogP) is 4.21. The summed E-state index contributed by atoms with van der Waals surface area (Å²) in [6.07, 6.45) is 0.137. The van der Waals surface area contributed by atoms with Crippen LogP contribution in [0.3, 0.4) is 0 Å². The van der Waals surface area contributed by atoms with Crippen molar-refractivity contribution in [3.05, 3.63) is 35.9 Å². The summed E-state index contributed by atoms with van der Waals surface area (Å²) in [5.41, 5.74) is 1.05. The SMILES string of the molecule is C[C@H](O[Si](C)(C)C(C)(C)C)C(=O)Cc1ccccc1. The van der Waals surface area contributed by atoms with Crippen LogP contribution >= 0.6 is 0 Å². The van der Waals surface area contributed by atoms with Crippen LogP contribution in [-0.4, -0.2) is 20.2 Å². The molecule has 2 nitrogen and oxygen atoms in total. The van der Waals surface area contributed by atoms with Crippen LogP contribution in [0.25, 0.3) is 0 Å². The van der Waals surface area contributed by atoms with Crippen molar-refractivity contribution in [2.24, 2.45) is 0 Å². The van der Waals surface area contributed by atoms with Crippen molar-refractivity contribution in [3.8, 4) is 0 Å². The van der Waals surface area contributed by atoms with E-state index in [1.54, 1.807) is 0 Å². The predicted molar refractivity (Wildman–Crippen MR) is 82.9 cm³/mol. The molecule has 1 aromatic carbocycles. The van der Waals surface area contributed by atoms with E-state index in [-0.39, 0.29) is 16.9 Å². The van der Waals surface area contributed by atoms with Gasteiger partial charge in [-0.1, -0.05) is 51.1 Å². The van der Waals surface area contributed by atoms with E-state index in [4.69, 9.17) is 4.43 Å². The Hall–Kier alpha value is -0.933. The van der Waals surface area contributed by atoms with Crippen LogP contribution in [0.15, 0.2) is 30.3 Å². The molecule has 3 heteroatoms. The lowest BCUT2D eigenvalue weighted by atomic mass is 10.1. The zero-order valence-electron chi connectivity index (χ0n) is 13.0. The van der Waals surface area contributed by atoms with Crippen LogP contribution in [0.5, 0.6) is 0 Å². The highest BCUT2D eigenvalue weighted by atomic mass is 28.4. The number of rotatable bonds is 5. The van der Waals surface area contributed by atoms with Gasteiger partial charge in [-0.15, -0.1) is 0 Å². The summed E-state index contributed by atoms with van der Waals surface area (Å²) in [7, 11) is -1.87. The van der Waals surface area contributed by atoms with E-state index in [1.165, 1.54) is 0 Å². The van der Waals surface area contributed by atoms with Gasteiger partial charge in [0, 0.05) is 6.42 Å². The lowest BCUT2D eigenvalue weighted by Gasteiger charge is -2.38. The molecular formula is C16H26O2Si. The standard InChI is InChI=1S/C16H26O2Si/c1-13(18-19(5,6)16(2,3)4)15(17)12-14-10-8-7-9-11-14/h7-11,13H,12H2,1-6H3/t13-/m0/s1. The molecule has 0 aliphatic carbocycles. The Balaban J connectivity index is 2.64. The minimum Gasteiger partial charge on any atom is -0.407 e. The summed E-state index contributed by atoms with van der Waals surface area (Å²) in [6, 6.07) is 9.85. The highest BCUT2D eigenvalue weighted by Gasteiger charge is 2.39. The number of hydrogen-bond acceptors (Lipinski definition) is 2. The van der Waals surface area contributed by atoms with Gasteiger partial charge in [-0.25, -0.2) is 0 Å². The first kappa shape index (κ1) is 16.1. The third-order valence-corrected chi connectivity index (χ3v) is 8.51. The topological polar surface area (TPSA) is 26.3 Å². The van der Waals surface area contributed by atoms with Crippen molar-refractivity contribution in [1.82, 2.24) is 0 Å². The second kappa shape index (κ2) is 6.01. The maximum absolute atomic E-state index is 12.2. The number of hydrogen-bond donors (Lipinski definition) is 0. The molecule has 0 heterocycles. The van der Waals surface area contributed by atoms with Gasteiger partial charge in [0.25, 0.3) is 0 Å². The van der Waals surface area contributed by atoms with Crippen LogP contribution < -0.4 is 0 Å². The molecule has 0 unspecified atom stereocenters. The molecule has 106 valence electrons. The van der Waals surface area contributed by atoms with Gasteiger partial charge < -0.3 is 4.43 Å². The molecule has 0 saturated heterocycles. The molecular weight excluding hydrogens is 252 g/mol. The number of benzene rings is 1. The van der Waals surface area contributed by atoms with E-state index >= 15 is 0 Å². The zero-order chi connectivity index (χ0) is 14.7. The van der Waals surface area contributed by atoms with Gasteiger partial charge in [-0.3, -0.25) is 4.79 Å². The fourth-order valence-corrected chi connectivity index (χ4v) is 2.99. The molecule has 0 amide bonds. The van der Waals surface area contributed by atoms with Crippen LogP contribution in [0.2, 0.25) is 18.1 Å². The number of carbonyl (C=O) groups is 1. The second-order valence-electron chi connectivity index (χ2n) is 6.65. The average Bonchev–Trinajstić information content (AvgIpc) is 2.28. The Morgan fingerprint density at radius 3 is 2.21 bits per heavy atom. The van der Waals surface area contributed by atoms with Gasteiger partial charge in [0.05, 0.1) is 0 Å². The molecule has 0 radical (unpaired) electrons. The summed E-state index contributed by atoms with van der Waals surface area (Å²) >= 11 is 0. The average molecular weight is 278 g/mol.